The first-order valence-corrected chi connectivity index (χ1v) is 10.2. The number of aromatic nitrogens is 2. The molecule has 1 aromatic carbocycles. The van der Waals surface area contributed by atoms with Crippen LogP contribution in [0, 0.1) is 19.8 Å². The van der Waals surface area contributed by atoms with Gasteiger partial charge in [0.2, 0.25) is 11.8 Å². The molecule has 7 heteroatoms. The molecule has 29 heavy (non-hydrogen) atoms. The van der Waals surface area contributed by atoms with Crippen molar-refractivity contribution in [2.45, 2.75) is 27.7 Å². The van der Waals surface area contributed by atoms with E-state index in [9.17, 15) is 4.79 Å². The predicted molar refractivity (Wildman–Crippen MR) is 116 cm³/mol. The Balaban J connectivity index is 1.70. The Labute approximate surface area is 173 Å². The summed E-state index contributed by atoms with van der Waals surface area (Å²) in [5.41, 5.74) is 4.29. The van der Waals surface area contributed by atoms with E-state index in [1.54, 1.807) is 6.20 Å². The molecule has 0 unspecified atom stereocenters. The second-order valence-corrected chi connectivity index (χ2v) is 7.91. The lowest BCUT2D eigenvalue weighted by Gasteiger charge is -2.37. The minimum atomic E-state index is -0.207. The average Bonchev–Trinajstić information content (AvgIpc) is 2.72. The van der Waals surface area contributed by atoms with Gasteiger partial charge < -0.3 is 19.9 Å². The van der Waals surface area contributed by atoms with Crippen LogP contribution < -0.4 is 19.9 Å². The summed E-state index contributed by atoms with van der Waals surface area (Å²) in [7, 11) is 1.53. The number of aryl methyl sites for hydroxylation is 2. The highest BCUT2D eigenvalue weighted by Gasteiger charge is 2.23. The molecule has 0 aliphatic carbocycles. The minimum absolute atomic E-state index is 0.207. The van der Waals surface area contributed by atoms with Gasteiger partial charge in [-0.05, 0) is 30.9 Å². The summed E-state index contributed by atoms with van der Waals surface area (Å²) in [5.74, 6) is 1.08. The van der Waals surface area contributed by atoms with E-state index in [0.717, 1.165) is 26.2 Å². The summed E-state index contributed by atoms with van der Waals surface area (Å²) in [4.78, 5) is 25.9. The third-order valence-electron chi connectivity index (χ3n) is 5.17. The number of hydrogen-bond acceptors (Lipinski definition) is 6. The third-order valence-corrected chi connectivity index (χ3v) is 5.17. The smallest absolute Gasteiger partial charge is 0.258 e. The number of anilines is 2. The van der Waals surface area contributed by atoms with Crippen LogP contribution in [0.15, 0.2) is 24.4 Å². The van der Waals surface area contributed by atoms with Crippen LogP contribution in [0.2, 0.25) is 0 Å². The SMILES string of the molecule is COc1nc(N2CCN(c3c(C)cccc3C)CC2)ncc1C(=O)NCC(C)C. The Bertz CT molecular complexity index is 840. The fourth-order valence-electron chi connectivity index (χ4n) is 3.65. The first kappa shape index (κ1) is 20.9. The molecule has 0 radical (unpaired) electrons. The number of benzene rings is 1. The highest BCUT2D eigenvalue weighted by Crippen LogP contribution is 2.27. The highest BCUT2D eigenvalue weighted by atomic mass is 16.5. The van der Waals surface area contributed by atoms with Crippen LogP contribution in [0.1, 0.15) is 35.3 Å². The van der Waals surface area contributed by atoms with Crippen molar-refractivity contribution in [2.24, 2.45) is 5.92 Å². The minimum Gasteiger partial charge on any atom is -0.480 e. The first-order valence-electron chi connectivity index (χ1n) is 10.2. The number of amides is 1. The molecule has 2 aromatic rings. The van der Waals surface area contributed by atoms with Crippen molar-refractivity contribution in [3.63, 3.8) is 0 Å². The summed E-state index contributed by atoms with van der Waals surface area (Å²) in [6, 6.07) is 6.42. The normalized spacial score (nSPS) is 14.3. The molecule has 1 N–H and O–H groups in total. The van der Waals surface area contributed by atoms with Crippen molar-refractivity contribution >= 4 is 17.5 Å². The summed E-state index contributed by atoms with van der Waals surface area (Å²) >= 11 is 0. The Morgan fingerprint density at radius 1 is 1.14 bits per heavy atom. The quantitative estimate of drug-likeness (QED) is 0.808. The number of rotatable bonds is 6. The first-order chi connectivity index (χ1) is 13.9. The molecule has 156 valence electrons. The molecule has 7 nitrogen and oxygen atoms in total. The molecular weight excluding hydrogens is 366 g/mol. The number of carbonyl (C=O) groups is 1. The monoisotopic (exact) mass is 397 g/mol. The lowest BCUT2D eigenvalue weighted by Crippen LogP contribution is -2.47. The van der Waals surface area contributed by atoms with Gasteiger partial charge in [-0.25, -0.2) is 4.98 Å². The zero-order chi connectivity index (χ0) is 21.0. The van der Waals surface area contributed by atoms with Crippen LogP contribution in [-0.2, 0) is 0 Å². The Morgan fingerprint density at radius 2 is 1.76 bits per heavy atom. The maximum Gasteiger partial charge on any atom is 0.258 e. The van der Waals surface area contributed by atoms with Crippen LogP contribution in [-0.4, -0.2) is 55.7 Å². The standard InChI is InChI=1S/C22H31N5O2/c1-15(2)13-23-20(28)18-14-24-22(25-21(18)29-5)27-11-9-26(10-12-27)19-16(3)7-6-8-17(19)4/h6-8,14-15H,9-13H2,1-5H3,(H,23,28). The van der Waals surface area contributed by atoms with E-state index < -0.39 is 0 Å². The van der Waals surface area contributed by atoms with Gasteiger partial charge in [0.25, 0.3) is 5.91 Å². The number of piperazine rings is 1. The lowest BCUT2D eigenvalue weighted by atomic mass is 10.1. The second-order valence-electron chi connectivity index (χ2n) is 7.91. The number of carbonyl (C=O) groups excluding carboxylic acids is 1. The van der Waals surface area contributed by atoms with E-state index in [-0.39, 0.29) is 5.91 Å². The van der Waals surface area contributed by atoms with Gasteiger partial charge in [0.1, 0.15) is 5.56 Å². The van der Waals surface area contributed by atoms with Crippen LogP contribution >= 0.6 is 0 Å². The molecule has 1 aliphatic heterocycles. The summed E-state index contributed by atoms with van der Waals surface area (Å²) in [5, 5.41) is 2.89. The maximum absolute atomic E-state index is 12.4. The van der Waals surface area contributed by atoms with Gasteiger partial charge in [-0.15, -0.1) is 0 Å². The molecule has 1 aromatic heterocycles. The molecule has 0 spiro atoms. The fourth-order valence-corrected chi connectivity index (χ4v) is 3.65. The number of nitrogens with zero attached hydrogens (tertiary/aromatic N) is 4. The molecule has 1 fully saturated rings. The van der Waals surface area contributed by atoms with Gasteiger partial charge in [-0.1, -0.05) is 32.0 Å². The Kier molecular flexibility index (Phi) is 6.56. The molecule has 3 rings (SSSR count). The van der Waals surface area contributed by atoms with Gasteiger partial charge in [-0.2, -0.15) is 4.98 Å². The van der Waals surface area contributed by atoms with E-state index in [0.29, 0.717) is 29.9 Å². The second kappa shape index (κ2) is 9.11. The van der Waals surface area contributed by atoms with E-state index in [1.807, 2.05) is 0 Å². The molecule has 1 saturated heterocycles. The predicted octanol–water partition coefficient (Wildman–Crippen LogP) is 2.81. The van der Waals surface area contributed by atoms with Gasteiger partial charge in [0.15, 0.2) is 0 Å². The Hall–Kier alpha value is -2.83. The highest BCUT2D eigenvalue weighted by molar-refractivity contribution is 5.96. The van der Waals surface area contributed by atoms with Gasteiger partial charge >= 0.3 is 0 Å². The summed E-state index contributed by atoms with van der Waals surface area (Å²) < 4.78 is 5.38. The fraction of sp³-hybridized carbons (Fsp3) is 0.500. The van der Waals surface area contributed by atoms with Crippen molar-refractivity contribution in [2.75, 3.05) is 49.6 Å². The van der Waals surface area contributed by atoms with E-state index in [4.69, 9.17) is 4.74 Å². The molecule has 0 atom stereocenters. The molecule has 1 amide bonds. The molecule has 0 bridgehead atoms. The van der Waals surface area contributed by atoms with Gasteiger partial charge in [0.05, 0.1) is 7.11 Å². The summed E-state index contributed by atoms with van der Waals surface area (Å²) in [6.07, 6.45) is 1.56. The van der Waals surface area contributed by atoms with Gasteiger partial charge in [-0.3, -0.25) is 4.79 Å². The number of ether oxygens (including phenoxy) is 1. The maximum atomic E-state index is 12.4. The number of methoxy groups -OCH3 is 1. The van der Waals surface area contributed by atoms with E-state index in [2.05, 4.69) is 71.0 Å². The Morgan fingerprint density at radius 3 is 2.34 bits per heavy atom. The summed E-state index contributed by atoms with van der Waals surface area (Å²) in [6.45, 7) is 12.4. The largest absolute Gasteiger partial charge is 0.480 e. The van der Waals surface area contributed by atoms with Crippen molar-refractivity contribution in [3.05, 3.63) is 41.1 Å². The number of nitrogens with one attached hydrogen (secondary N) is 1. The lowest BCUT2D eigenvalue weighted by molar-refractivity contribution is 0.0945. The van der Waals surface area contributed by atoms with E-state index in [1.165, 1.54) is 23.9 Å². The molecule has 2 heterocycles. The third kappa shape index (κ3) is 4.78. The average molecular weight is 398 g/mol. The van der Waals surface area contributed by atoms with Crippen molar-refractivity contribution in [3.8, 4) is 5.88 Å². The van der Waals surface area contributed by atoms with Crippen LogP contribution in [0.25, 0.3) is 0 Å². The van der Waals surface area contributed by atoms with Crippen LogP contribution in [0.4, 0.5) is 11.6 Å². The molecule has 0 saturated carbocycles. The zero-order valence-corrected chi connectivity index (χ0v) is 18.0. The van der Waals surface area contributed by atoms with Crippen molar-refractivity contribution in [1.29, 1.82) is 0 Å². The molecular formula is C22H31N5O2. The van der Waals surface area contributed by atoms with Crippen molar-refractivity contribution < 1.29 is 9.53 Å². The van der Waals surface area contributed by atoms with Crippen molar-refractivity contribution in [1.82, 2.24) is 15.3 Å². The number of para-hydroxylation sites is 1. The van der Waals surface area contributed by atoms with E-state index >= 15 is 0 Å². The van der Waals surface area contributed by atoms with Gasteiger partial charge in [0, 0.05) is 44.6 Å². The van der Waals surface area contributed by atoms with Crippen LogP contribution in [0.5, 0.6) is 5.88 Å². The number of hydrogen-bond donors (Lipinski definition) is 1. The topological polar surface area (TPSA) is 70.6 Å². The van der Waals surface area contributed by atoms with Crippen LogP contribution in [0.3, 0.4) is 0 Å². The zero-order valence-electron chi connectivity index (χ0n) is 18.0. The molecule has 1 aliphatic rings.